The SMILES string of the molecule is c1ccc(OCCSCc2nnc(-c3ccc(OCCCN4CCCCCC4)cc3)o2)cc1. The largest absolute Gasteiger partial charge is 0.494 e. The Kier molecular flexibility index (Phi) is 9.50. The van der Waals surface area contributed by atoms with Crippen LogP contribution in [0.15, 0.2) is 59.0 Å². The average Bonchev–Trinajstić information content (AvgIpc) is 3.17. The van der Waals surface area contributed by atoms with Gasteiger partial charge < -0.3 is 18.8 Å². The van der Waals surface area contributed by atoms with Crippen LogP contribution in [0, 0.1) is 0 Å². The van der Waals surface area contributed by atoms with Crippen molar-refractivity contribution in [1.29, 1.82) is 0 Å². The van der Waals surface area contributed by atoms with E-state index in [2.05, 4.69) is 15.1 Å². The normalized spacial score (nSPS) is 14.7. The van der Waals surface area contributed by atoms with Crippen LogP contribution >= 0.6 is 11.8 Å². The van der Waals surface area contributed by atoms with E-state index in [0.717, 1.165) is 42.4 Å². The van der Waals surface area contributed by atoms with E-state index in [4.69, 9.17) is 13.9 Å². The molecule has 0 atom stereocenters. The topological polar surface area (TPSA) is 60.6 Å². The number of ether oxygens (including phenoxy) is 2. The predicted octanol–water partition coefficient (Wildman–Crippen LogP) is 5.69. The van der Waals surface area contributed by atoms with E-state index in [1.165, 1.54) is 38.8 Å². The molecule has 176 valence electrons. The predicted molar refractivity (Wildman–Crippen MR) is 133 cm³/mol. The molecule has 7 heteroatoms. The Labute approximate surface area is 200 Å². The molecule has 3 aromatic rings. The molecule has 0 spiro atoms. The van der Waals surface area contributed by atoms with Crippen LogP contribution < -0.4 is 9.47 Å². The van der Waals surface area contributed by atoms with Crippen LogP contribution in [0.25, 0.3) is 11.5 Å². The first-order chi connectivity index (χ1) is 16.4. The zero-order chi connectivity index (χ0) is 22.6. The van der Waals surface area contributed by atoms with E-state index < -0.39 is 0 Å². The number of aromatic nitrogens is 2. The van der Waals surface area contributed by atoms with Gasteiger partial charge in [-0.05, 0) is 68.8 Å². The molecule has 1 aliphatic rings. The molecule has 0 bridgehead atoms. The molecule has 1 aromatic heterocycles. The summed E-state index contributed by atoms with van der Waals surface area (Å²) < 4.78 is 17.4. The van der Waals surface area contributed by atoms with Gasteiger partial charge in [0, 0.05) is 17.9 Å². The molecule has 6 nitrogen and oxygen atoms in total. The Morgan fingerprint density at radius 2 is 1.55 bits per heavy atom. The fourth-order valence-corrected chi connectivity index (χ4v) is 4.49. The van der Waals surface area contributed by atoms with Gasteiger partial charge in [-0.1, -0.05) is 31.0 Å². The average molecular weight is 468 g/mol. The van der Waals surface area contributed by atoms with Gasteiger partial charge in [0.2, 0.25) is 11.8 Å². The number of benzene rings is 2. The standard InChI is InChI=1S/C26H33N3O3S/c1-2-7-16-29(15-6-1)17-8-18-30-24-13-11-22(12-14-24)26-28-27-25(32-26)21-33-20-19-31-23-9-4-3-5-10-23/h3-5,9-14H,1-2,6-8,15-21H2. The molecule has 1 aliphatic heterocycles. The van der Waals surface area contributed by atoms with Crippen molar-refractivity contribution in [2.75, 3.05) is 38.6 Å². The lowest BCUT2D eigenvalue weighted by atomic mass is 10.2. The van der Waals surface area contributed by atoms with Crippen molar-refractivity contribution < 1.29 is 13.9 Å². The minimum absolute atomic E-state index is 0.541. The summed E-state index contributed by atoms with van der Waals surface area (Å²) in [6.07, 6.45) is 6.48. The summed E-state index contributed by atoms with van der Waals surface area (Å²) >= 11 is 1.71. The van der Waals surface area contributed by atoms with Gasteiger partial charge in [0.1, 0.15) is 11.5 Å². The lowest BCUT2D eigenvalue weighted by Gasteiger charge is -2.19. The monoisotopic (exact) mass is 467 g/mol. The molecular formula is C26H33N3O3S. The number of nitrogens with zero attached hydrogens (tertiary/aromatic N) is 3. The number of thioether (sulfide) groups is 1. The first kappa shape index (κ1) is 23.6. The minimum atomic E-state index is 0.541. The highest BCUT2D eigenvalue weighted by molar-refractivity contribution is 7.98. The van der Waals surface area contributed by atoms with E-state index in [1.807, 2.05) is 54.6 Å². The Morgan fingerprint density at radius 1 is 0.818 bits per heavy atom. The van der Waals surface area contributed by atoms with E-state index >= 15 is 0 Å². The second kappa shape index (κ2) is 13.3. The van der Waals surface area contributed by atoms with Crippen molar-refractivity contribution in [2.24, 2.45) is 0 Å². The molecule has 1 fully saturated rings. The molecule has 0 amide bonds. The van der Waals surface area contributed by atoms with Gasteiger partial charge in [0.15, 0.2) is 0 Å². The van der Waals surface area contributed by atoms with Crippen LogP contribution in [0.4, 0.5) is 0 Å². The van der Waals surface area contributed by atoms with Gasteiger partial charge in [0.25, 0.3) is 0 Å². The fourth-order valence-electron chi connectivity index (χ4n) is 3.85. The van der Waals surface area contributed by atoms with E-state index in [0.29, 0.717) is 24.1 Å². The van der Waals surface area contributed by atoms with E-state index in [-0.39, 0.29) is 0 Å². The molecule has 0 unspecified atom stereocenters. The first-order valence-electron chi connectivity index (χ1n) is 11.9. The van der Waals surface area contributed by atoms with Crippen LogP contribution in [0.1, 0.15) is 38.0 Å². The Bertz CT molecular complexity index is 925. The lowest BCUT2D eigenvalue weighted by molar-refractivity contribution is 0.240. The van der Waals surface area contributed by atoms with Gasteiger partial charge in [0.05, 0.1) is 19.0 Å². The second-order valence-corrected chi connectivity index (χ2v) is 9.30. The zero-order valence-corrected chi connectivity index (χ0v) is 20.0. The van der Waals surface area contributed by atoms with Crippen LogP contribution in [-0.4, -0.2) is 53.7 Å². The maximum Gasteiger partial charge on any atom is 0.247 e. The number of likely N-dealkylation sites (tertiary alicyclic amines) is 1. The van der Waals surface area contributed by atoms with Crippen LogP contribution in [-0.2, 0) is 5.75 Å². The highest BCUT2D eigenvalue weighted by atomic mass is 32.2. The summed E-state index contributed by atoms with van der Waals surface area (Å²) in [5.74, 6) is 4.47. The molecule has 2 aromatic carbocycles. The quantitative estimate of drug-likeness (QED) is 0.317. The second-order valence-electron chi connectivity index (χ2n) is 8.20. The summed E-state index contributed by atoms with van der Waals surface area (Å²) in [7, 11) is 0. The third-order valence-electron chi connectivity index (χ3n) is 5.62. The number of hydrogen-bond acceptors (Lipinski definition) is 7. The van der Waals surface area contributed by atoms with Crippen LogP contribution in [0.3, 0.4) is 0 Å². The van der Waals surface area contributed by atoms with Crippen LogP contribution in [0.2, 0.25) is 0 Å². The third kappa shape index (κ3) is 8.09. The Balaban J connectivity index is 1.14. The fraction of sp³-hybridized carbons (Fsp3) is 0.462. The molecule has 0 saturated carbocycles. The van der Waals surface area contributed by atoms with Crippen molar-refractivity contribution >= 4 is 11.8 Å². The minimum Gasteiger partial charge on any atom is -0.494 e. The Hall–Kier alpha value is -2.51. The van der Waals surface area contributed by atoms with Crippen molar-refractivity contribution in [1.82, 2.24) is 15.1 Å². The maximum atomic E-state index is 5.92. The molecule has 2 heterocycles. The van der Waals surface area contributed by atoms with E-state index in [9.17, 15) is 0 Å². The highest BCUT2D eigenvalue weighted by Gasteiger charge is 2.10. The molecule has 33 heavy (non-hydrogen) atoms. The molecule has 0 radical (unpaired) electrons. The van der Waals surface area contributed by atoms with Crippen molar-refractivity contribution in [3.63, 3.8) is 0 Å². The van der Waals surface area contributed by atoms with Gasteiger partial charge in [-0.15, -0.1) is 22.0 Å². The third-order valence-corrected chi connectivity index (χ3v) is 6.53. The summed E-state index contributed by atoms with van der Waals surface area (Å²) in [5.41, 5.74) is 0.906. The van der Waals surface area contributed by atoms with Crippen molar-refractivity contribution in [3.05, 3.63) is 60.5 Å². The summed E-state index contributed by atoms with van der Waals surface area (Å²) in [6, 6.07) is 17.7. The van der Waals surface area contributed by atoms with Crippen LogP contribution in [0.5, 0.6) is 11.5 Å². The summed E-state index contributed by atoms with van der Waals surface area (Å²) in [4.78, 5) is 2.57. The van der Waals surface area contributed by atoms with E-state index in [1.54, 1.807) is 11.8 Å². The summed E-state index contributed by atoms with van der Waals surface area (Å²) in [6.45, 7) is 4.99. The molecule has 4 rings (SSSR count). The summed E-state index contributed by atoms with van der Waals surface area (Å²) in [5, 5.41) is 8.36. The smallest absolute Gasteiger partial charge is 0.247 e. The highest BCUT2D eigenvalue weighted by Crippen LogP contribution is 2.23. The van der Waals surface area contributed by atoms with Gasteiger partial charge in [-0.25, -0.2) is 0 Å². The van der Waals surface area contributed by atoms with Crippen molar-refractivity contribution in [3.8, 4) is 23.0 Å². The number of para-hydroxylation sites is 1. The first-order valence-corrected chi connectivity index (χ1v) is 13.1. The maximum absolute atomic E-state index is 5.92. The molecular weight excluding hydrogens is 434 g/mol. The lowest BCUT2D eigenvalue weighted by Crippen LogP contribution is -2.26. The van der Waals surface area contributed by atoms with Gasteiger partial charge in [-0.2, -0.15) is 0 Å². The van der Waals surface area contributed by atoms with Gasteiger partial charge >= 0.3 is 0 Å². The Morgan fingerprint density at radius 3 is 2.33 bits per heavy atom. The van der Waals surface area contributed by atoms with Crippen molar-refractivity contribution in [2.45, 2.75) is 37.9 Å². The molecule has 0 aliphatic carbocycles. The zero-order valence-electron chi connectivity index (χ0n) is 19.2. The molecule has 1 saturated heterocycles. The number of rotatable bonds is 12. The number of hydrogen-bond donors (Lipinski definition) is 0. The molecule has 0 N–H and O–H groups in total. The van der Waals surface area contributed by atoms with Gasteiger partial charge in [-0.3, -0.25) is 0 Å².